The summed E-state index contributed by atoms with van der Waals surface area (Å²) in [7, 11) is 0. The SMILES string of the molecule is CC1(C)CC/C(=C/c2ccccc2)C1(O)Cn1cncn1. The lowest BCUT2D eigenvalue weighted by Gasteiger charge is -2.37. The molecule has 0 saturated heterocycles. The predicted molar refractivity (Wildman–Crippen MR) is 82.4 cm³/mol. The molecule has 21 heavy (non-hydrogen) atoms. The first-order chi connectivity index (χ1) is 10.0. The average molecular weight is 283 g/mol. The molecule has 4 nitrogen and oxygen atoms in total. The zero-order valence-electron chi connectivity index (χ0n) is 12.5. The van der Waals surface area contributed by atoms with E-state index in [1.54, 1.807) is 11.0 Å². The predicted octanol–water partition coefficient (Wildman–Crippen LogP) is 2.91. The maximum Gasteiger partial charge on any atom is 0.137 e. The number of benzene rings is 1. The normalized spacial score (nSPS) is 26.3. The van der Waals surface area contributed by atoms with Crippen LogP contribution in [0, 0.1) is 5.41 Å². The van der Waals surface area contributed by atoms with Gasteiger partial charge in [-0.15, -0.1) is 0 Å². The van der Waals surface area contributed by atoms with Gasteiger partial charge in [-0.05, 0) is 29.4 Å². The van der Waals surface area contributed by atoms with Crippen LogP contribution in [0.5, 0.6) is 0 Å². The Morgan fingerprint density at radius 1 is 1.29 bits per heavy atom. The van der Waals surface area contributed by atoms with Crippen molar-refractivity contribution in [1.29, 1.82) is 0 Å². The Morgan fingerprint density at radius 2 is 2.05 bits per heavy atom. The summed E-state index contributed by atoms with van der Waals surface area (Å²) in [6.07, 6.45) is 7.16. The van der Waals surface area contributed by atoms with Crippen molar-refractivity contribution < 1.29 is 5.11 Å². The third-order valence-electron chi connectivity index (χ3n) is 4.67. The molecule has 110 valence electrons. The quantitative estimate of drug-likeness (QED) is 0.942. The lowest BCUT2D eigenvalue weighted by atomic mass is 9.76. The van der Waals surface area contributed by atoms with Crippen molar-refractivity contribution in [1.82, 2.24) is 14.8 Å². The maximum atomic E-state index is 11.4. The average Bonchev–Trinajstić information content (AvgIpc) is 3.03. The molecule has 1 atom stereocenters. The monoisotopic (exact) mass is 283 g/mol. The van der Waals surface area contributed by atoms with Gasteiger partial charge in [-0.25, -0.2) is 9.67 Å². The molecule has 1 N–H and O–H groups in total. The summed E-state index contributed by atoms with van der Waals surface area (Å²) in [5, 5.41) is 15.5. The fraction of sp³-hybridized carbons (Fsp3) is 0.412. The molecule has 2 aromatic rings. The van der Waals surface area contributed by atoms with Crippen molar-refractivity contribution in [3.8, 4) is 0 Å². The highest BCUT2D eigenvalue weighted by atomic mass is 16.3. The van der Waals surface area contributed by atoms with Crippen LogP contribution in [-0.4, -0.2) is 25.5 Å². The topological polar surface area (TPSA) is 50.9 Å². The molecule has 0 aliphatic heterocycles. The Labute approximate surface area is 125 Å². The zero-order chi connectivity index (χ0) is 14.9. The van der Waals surface area contributed by atoms with E-state index in [0.717, 1.165) is 24.0 Å². The standard InChI is InChI=1S/C17H21N3O/c1-16(2)9-8-15(10-14-6-4-3-5-7-14)17(16,21)11-20-13-18-12-19-20/h3-7,10,12-13,21H,8-9,11H2,1-2H3/b15-10-. The first-order valence-electron chi connectivity index (χ1n) is 7.32. The second-order valence-electron chi connectivity index (χ2n) is 6.42. The largest absolute Gasteiger partial charge is 0.383 e. The van der Waals surface area contributed by atoms with E-state index in [9.17, 15) is 5.11 Å². The fourth-order valence-corrected chi connectivity index (χ4v) is 3.10. The van der Waals surface area contributed by atoms with Gasteiger partial charge in [-0.3, -0.25) is 0 Å². The number of aromatic nitrogens is 3. The third-order valence-corrected chi connectivity index (χ3v) is 4.67. The molecule has 4 heteroatoms. The van der Waals surface area contributed by atoms with Crippen molar-refractivity contribution >= 4 is 6.08 Å². The molecule has 1 fully saturated rings. The van der Waals surface area contributed by atoms with Crippen LogP contribution >= 0.6 is 0 Å². The Morgan fingerprint density at radius 3 is 2.71 bits per heavy atom. The highest BCUT2D eigenvalue weighted by Crippen LogP contribution is 2.50. The van der Waals surface area contributed by atoms with E-state index in [2.05, 4.69) is 42.1 Å². The van der Waals surface area contributed by atoms with Gasteiger partial charge >= 0.3 is 0 Å². The van der Waals surface area contributed by atoms with Gasteiger partial charge in [0, 0.05) is 0 Å². The molecule has 0 spiro atoms. The molecule has 1 aromatic heterocycles. The van der Waals surface area contributed by atoms with Crippen molar-refractivity contribution in [3.05, 3.63) is 54.1 Å². The number of aliphatic hydroxyl groups is 1. The van der Waals surface area contributed by atoms with E-state index in [0.29, 0.717) is 6.54 Å². The van der Waals surface area contributed by atoms with Gasteiger partial charge in [0.1, 0.15) is 18.3 Å². The Hall–Kier alpha value is -1.94. The van der Waals surface area contributed by atoms with Gasteiger partial charge in [0.05, 0.1) is 6.54 Å². The van der Waals surface area contributed by atoms with Gasteiger partial charge in [-0.1, -0.05) is 50.3 Å². The van der Waals surface area contributed by atoms with E-state index >= 15 is 0 Å². The summed E-state index contributed by atoms with van der Waals surface area (Å²) in [6, 6.07) is 10.2. The lowest BCUT2D eigenvalue weighted by molar-refractivity contribution is -0.0298. The van der Waals surface area contributed by atoms with Crippen LogP contribution in [0.1, 0.15) is 32.3 Å². The molecule has 1 heterocycles. The molecular formula is C17H21N3O. The Kier molecular flexibility index (Phi) is 3.41. The first-order valence-corrected chi connectivity index (χ1v) is 7.32. The summed E-state index contributed by atoms with van der Waals surface area (Å²) in [5.41, 5.74) is 1.13. The number of rotatable bonds is 3. The van der Waals surface area contributed by atoms with Crippen molar-refractivity contribution in [3.63, 3.8) is 0 Å². The summed E-state index contributed by atoms with van der Waals surface area (Å²) in [6.45, 7) is 4.68. The van der Waals surface area contributed by atoms with Crippen molar-refractivity contribution in [2.24, 2.45) is 5.41 Å². The van der Waals surface area contributed by atoms with E-state index in [1.165, 1.54) is 6.33 Å². The summed E-state index contributed by atoms with van der Waals surface area (Å²) in [4.78, 5) is 3.97. The van der Waals surface area contributed by atoms with Gasteiger partial charge in [0.2, 0.25) is 0 Å². The minimum Gasteiger partial charge on any atom is -0.383 e. The van der Waals surface area contributed by atoms with Crippen LogP contribution in [-0.2, 0) is 6.54 Å². The van der Waals surface area contributed by atoms with Crippen LogP contribution < -0.4 is 0 Å². The van der Waals surface area contributed by atoms with Crippen molar-refractivity contribution in [2.45, 2.75) is 38.8 Å². The molecule has 3 rings (SSSR count). The van der Waals surface area contributed by atoms with Gasteiger partial charge in [-0.2, -0.15) is 5.10 Å². The van der Waals surface area contributed by atoms with E-state index in [4.69, 9.17) is 0 Å². The Balaban J connectivity index is 1.98. The molecular weight excluding hydrogens is 262 g/mol. The molecule has 1 aliphatic rings. The molecule has 0 amide bonds. The summed E-state index contributed by atoms with van der Waals surface area (Å²) < 4.78 is 1.71. The molecule has 0 bridgehead atoms. The van der Waals surface area contributed by atoms with E-state index in [1.807, 2.05) is 18.2 Å². The number of nitrogens with zero attached hydrogens (tertiary/aromatic N) is 3. The smallest absolute Gasteiger partial charge is 0.137 e. The highest BCUT2D eigenvalue weighted by Gasteiger charge is 2.51. The second kappa shape index (κ2) is 5.11. The lowest BCUT2D eigenvalue weighted by Crippen LogP contribution is -2.45. The number of hydrogen-bond acceptors (Lipinski definition) is 3. The van der Waals surface area contributed by atoms with E-state index < -0.39 is 5.60 Å². The zero-order valence-corrected chi connectivity index (χ0v) is 12.5. The maximum absolute atomic E-state index is 11.4. The van der Waals surface area contributed by atoms with Gasteiger partial charge in [0.25, 0.3) is 0 Å². The minimum atomic E-state index is -0.892. The minimum absolute atomic E-state index is 0.181. The van der Waals surface area contributed by atoms with Crippen LogP contribution in [0.25, 0.3) is 6.08 Å². The second-order valence-corrected chi connectivity index (χ2v) is 6.42. The van der Waals surface area contributed by atoms with E-state index in [-0.39, 0.29) is 5.41 Å². The number of hydrogen-bond donors (Lipinski definition) is 1. The highest BCUT2D eigenvalue weighted by molar-refractivity contribution is 5.56. The third kappa shape index (κ3) is 2.51. The van der Waals surface area contributed by atoms with Crippen molar-refractivity contribution in [2.75, 3.05) is 0 Å². The first kappa shape index (κ1) is 14.0. The molecule has 1 aliphatic carbocycles. The Bertz CT molecular complexity index is 631. The fourth-order valence-electron chi connectivity index (χ4n) is 3.10. The molecule has 1 unspecified atom stereocenters. The van der Waals surface area contributed by atoms with Crippen LogP contribution in [0.3, 0.4) is 0 Å². The van der Waals surface area contributed by atoms with Crippen LogP contribution in [0.15, 0.2) is 48.6 Å². The van der Waals surface area contributed by atoms with Gasteiger partial charge in [0.15, 0.2) is 0 Å². The van der Waals surface area contributed by atoms with Crippen LogP contribution in [0.2, 0.25) is 0 Å². The van der Waals surface area contributed by atoms with Gasteiger partial charge < -0.3 is 5.11 Å². The molecule has 1 aromatic carbocycles. The summed E-state index contributed by atoms with van der Waals surface area (Å²) in [5.74, 6) is 0. The van der Waals surface area contributed by atoms with Crippen LogP contribution in [0.4, 0.5) is 0 Å². The molecule has 1 saturated carbocycles. The molecule has 0 radical (unpaired) electrons. The summed E-state index contributed by atoms with van der Waals surface area (Å²) >= 11 is 0.